The fourth-order valence-corrected chi connectivity index (χ4v) is 3.26. The van der Waals surface area contributed by atoms with Gasteiger partial charge in [0.05, 0.1) is 23.7 Å². The van der Waals surface area contributed by atoms with Crippen molar-refractivity contribution in [3.05, 3.63) is 47.6 Å². The van der Waals surface area contributed by atoms with Crippen LogP contribution < -0.4 is 0 Å². The number of aliphatic hydroxyl groups is 2. The van der Waals surface area contributed by atoms with Crippen LogP contribution in [0.15, 0.2) is 47.6 Å². The van der Waals surface area contributed by atoms with Crippen LogP contribution in [0.2, 0.25) is 0 Å². The Balaban J connectivity index is 2.40. The molecule has 0 aromatic carbocycles. The monoisotopic (exact) mass is 362 g/mol. The Morgan fingerprint density at radius 1 is 1.31 bits per heavy atom. The number of esters is 2. The first-order valence-electron chi connectivity index (χ1n) is 8.60. The Morgan fingerprint density at radius 2 is 1.92 bits per heavy atom. The topological polar surface area (TPSA) is 93.1 Å². The average Bonchev–Trinajstić information content (AvgIpc) is 2.78. The van der Waals surface area contributed by atoms with Gasteiger partial charge in [0.25, 0.3) is 0 Å². The van der Waals surface area contributed by atoms with Gasteiger partial charge in [-0.25, -0.2) is 9.59 Å². The van der Waals surface area contributed by atoms with E-state index in [1.165, 1.54) is 6.92 Å². The summed E-state index contributed by atoms with van der Waals surface area (Å²) in [6, 6.07) is 0. The molecule has 0 saturated carbocycles. The molecule has 26 heavy (non-hydrogen) atoms. The van der Waals surface area contributed by atoms with Gasteiger partial charge in [0.2, 0.25) is 0 Å². The van der Waals surface area contributed by atoms with E-state index in [9.17, 15) is 19.8 Å². The van der Waals surface area contributed by atoms with Crippen LogP contribution in [0.25, 0.3) is 0 Å². The smallest absolute Gasteiger partial charge is 0.336 e. The van der Waals surface area contributed by atoms with Crippen molar-refractivity contribution in [1.29, 1.82) is 0 Å². The van der Waals surface area contributed by atoms with Crippen molar-refractivity contribution in [2.45, 2.75) is 58.0 Å². The molecule has 2 aliphatic rings. The van der Waals surface area contributed by atoms with Crippen molar-refractivity contribution >= 4 is 11.9 Å². The fraction of sp³-hybridized carbons (Fsp3) is 0.500. The maximum Gasteiger partial charge on any atom is 0.336 e. The van der Waals surface area contributed by atoms with Crippen LogP contribution in [-0.2, 0) is 19.1 Å². The molecule has 1 aliphatic heterocycles. The van der Waals surface area contributed by atoms with E-state index in [2.05, 4.69) is 13.2 Å². The zero-order valence-electron chi connectivity index (χ0n) is 15.4. The molecule has 142 valence electrons. The number of hydrogen-bond acceptors (Lipinski definition) is 6. The predicted octanol–water partition coefficient (Wildman–Crippen LogP) is 1.98. The molecule has 0 radical (unpaired) electrons. The van der Waals surface area contributed by atoms with Crippen LogP contribution in [0.3, 0.4) is 0 Å². The molecule has 0 amide bonds. The van der Waals surface area contributed by atoms with E-state index < -0.39 is 42.3 Å². The number of fused-ring (bicyclic) bond motifs is 1. The number of hydrogen-bond donors (Lipinski definition) is 2. The summed E-state index contributed by atoms with van der Waals surface area (Å²) in [5.41, 5.74) is 1.86. The van der Waals surface area contributed by atoms with Gasteiger partial charge < -0.3 is 19.7 Å². The third-order valence-electron chi connectivity index (χ3n) is 4.67. The predicted molar refractivity (Wildman–Crippen MR) is 96.0 cm³/mol. The lowest BCUT2D eigenvalue weighted by Gasteiger charge is -2.28. The lowest BCUT2D eigenvalue weighted by atomic mass is 9.85. The van der Waals surface area contributed by atoms with Crippen LogP contribution in [0.4, 0.5) is 0 Å². The highest BCUT2D eigenvalue weighted by Gasteiger charge is 2.44. The lowest BCUT2D eigenvalue weighted by Crippen LogP contribution is -2.34. The summed E-state index contributed by atoms with van der Waals surface area (Å²) >= 11 is 0. The van der Waals surface area contributed by atoms with Crippen LogP contribution in [0, 0.1) is 5.92 Å². The number of ether oxygens (including phenoxy) is 2. The van der Waals surface area contributed by atoms with Crippen LogP contribution in [-0.4, -0.2) is 46.6 Å². The van der Waals surface area contributed by atoms with Crippen molar-refractivity contribution < 1.29 is 29.3 Å². The summed E-state index contributed by atoms with van der Waals surface area (Å²) in [6.45, 7) is 12.5. The first-order chi connectivity index (χ1) is 12.1. The largest absolute Gasteiger partial charge is 0.458 e. The molecule has 2 N–H and O–H groups in total. The summed E-state index contributed by atoms with van der Waals surface area (Å²) < 4.78 is 11.0. The fourth-order valence-electron chi connectivity index (χ4n) is 3.26. The maximum atomic E-state index is 12.3. The first kappa shape index (κ1) is 20.1. The Bertz CT molecular complexity index is 684. The number of aliphatic hydroxyl groups excluding tert-OH is 2. The van der Waals surface area contributed by atoms with Crippen LogP contribution >= 0.6 is 0 Å². The molecule has 6 heteroatoms. The molecule has 0 unspecified atom stereocenters. The zero-order valence-corrected chi connectivity index (χ0v) is 15.4. The minimum absolute atomic E-state index is 0.0668. The van der Waals surface area contributed by atoms with Gasteiger partial charge >= 0.3 is 11.9 Å². The molecule has 5 atom stereocenters. The molecule has 0 bridgehead atoms. The molecule has 1 saturated heterocycles. The van der Waals surface area contributed by atoms with E-state index in [-0.39, 0.29) is 11.1 Å². The highest BCUT2D eigenvalue weighted by molar-refractivity contribution is 5.92. The van der Waals surface area contributed by atoms with Gasteiger partial charge in [-0.3, -0.25) is 0 Å². The molecular formula is C20H26O6. The first-order valence-corrected chi connectivity index (χ1v) is 8.60. The molecule has 6 nitrogen and oxygen atoms in total. The summed E-state index contributed by atoms with van der Waals surface area (Å²) in [6.07, 6.45) is 1.15. The molecule has 0 spiro atoms. The van der Waals surface area contributed by atoms with Gasteiger partial charge in [0.15, 0.2) is 0 Å². The molecule has 2 rings (SSSR count). The highest BCUT2D eigenvalue weighted by Crippen LogP contribution is 2.36. The second-order valence-corrected chi connectivity index (χ2v) is 7.07. The zero-order chi connectivity index (χ0) is 19.6. The average molecular weight is 362 g/mol. The van der Waals surface area contributed by atoms with Crippen molar-refractivity contribution in [2.24, 2.45) is 5.92 Å². The Morgan fingerprint density at radius 3 is 2.54 bits per heavy atom. The molecule has 1 aliphatic carbocycles. The summed E-state index contributed by atoms with van der Waals surface area (Å²) in [7, 11) is 0. The van der Waals surface area contributed by atoms with Crippen molar-refractivity contribution in [2.75, 3.05) is 0 Å². The normalized spacial score (nSPS) is 34.5. The van der Waals surface area contributed by atoms with E-state index in [1.54, 1.807) is 12.2 Å². The quantitative estimate of drug-likeness (QED) is 0.453. The van der Waals surface area contributed by atoms with E-state index in [0.29, 0.717) is 12.8 Å². The lowest BCUT2D eigenvalue weighted by molar-refractivity contribution is -0.148. The van der Waals surface area contributed by atoms with E-state index in [0.717, 1.165) is 11.1 Å². The van der Waals surface area contributed by atoms with Crippen molar-refractivity contribution in [1.82, 2.24) is 0 Å². The van der Waals surface area contributed by atoms with Crippen LogP contribution in [0.1, 0.15) is 33.6 Å². The standard InChI is InChI=1S/C20H26O6/c1-10-6-15(22)7-11(2)9-17-18(13(4)20(24)26-17)16(8-10)25-19(23)12(3)14(5)21/h6,9,14-18,21-22H,3-4,7-8H2,1-2,5H3/b10-6+,11-9+/t14-,15+,16-,17-,18-/m1/s1. The maximum absolute atomic E-state index is 12.3. The Kier molecular flexibility index (Phi) is 6.21. The third kappa shape index (κ3) is 4.51. The van der Waals surface area contributed by atoms with Gasteiger partial charge in [0.1, 0.15) is 12.2 Å². The number of rotatable bonds is 3. The summed E-state index contributed by atoms with van der Waals surface area (Å²) in [4.78, 5) is 24.3. The van der Waals surface area contributed by atoms with E-state index >= 15 is 0 Å². The second kappa shape index (κ2) is 8.01. The van der Waals surface area contributed by atoms with E-state index in [4.69, 9.17) is 9.47 Å². The minimum Gasteiger partial charge on any atom is -0.458 e. The van der Waals surface area contributed by atoms with Crippen molar-refractivity contribution in [3.8, 4) is 0 Å². The molecular weight excluding hydrogens is 336 g/mol. The summed E-state index contributed by atoms with van der Waals surface area (Å²) in [5.74, 6) is -1.80. The van der Waals surface area contributed by atoms with Gasteiger partial charge in [0, 0.05) is 12.0 Å². The molecule has 1 heterocycles. The van der Waals surface area contributed by atoms with Gasteiger partial charge in [-0.05, 0) is 33.3 Å². The third-order valence-corrected chi connectivity index (χ3v) is 4.67. The number of carbonyl (C=O) groups excluding carboxylic acids is 2. The molecule has 0 aromatic rings. The minimum atomic E-state index is -1.04. The molecule has 0 aromatic heterocycles. The van der Waals surface area contributed by atoms with Crippen LogP contribution in [0.5, 0.6) is 0 Å². The van der Waals surface area contributed by atoms with Gasteiger partial charge in [-0.15, -0.1) is 0 Å². The van der Waals surface area contributed by atoms with Gasteiger partial charge in [-0.2, -0.15) is 0 Å². The van der Waals surface area contributed by atoms with E-state index in [1.807, 2.05) is 13.8 Å². The van der Waals surface area contributed by atoms with Gasteiger partial charge in [-0.1, -0.05) is 30.4 Å². The van der Waals surface area contributed by atoms with Crippen molar-refractivity contribution in [3.63, 3.8) is 0 Å². The molecule has 1 fully saturated rings. The number of carbonyl (C=O) groups is 2. The summed E-state index contributed by atoms with van der Waals surface area (Å²) in [5, 5.41) is 19.7. The SMILES string of the molecule is C=C1C(=O)O[C@@H]2/C=C(\C)C[C@@H](O)/C=C(\C)C[C@@H](OC(=O)C(=C)[C@@H](C)O)[C@@H]12. The Hall–Kier alpha value is -2.18. The Labute approximate surface area is 153 Å². The highest BCUT2D eigenvalue weighted by atomic mass is 16.6. The second-order valence-electron chi connectivity index (χ2n) is 7.07.